The Morgan fingerprint density at radius 3 is 2.53 bits per heavy atom. The highest BCUT2D eigenvalue weighted by atomic mass is 19.1. The highest BCUT2D eigenvalue weighted by Gasteiger charge is 2.12. The summed E-state index contributed by atoms with van der Waals surface area (Å²) < 4.78 is 26.1. The minimum Gasteiger partial charge on any atom is -0.346 e. The summed E-state index contributed by atoms with van der Waals surface area (Å²) in [7, 11) is 0. The molecule has 1 aromatic rings. The summed E-state index contributed by atoms with van der Waals surface area (Å²) in [4.78, 5) is 11.4. The zero-order valence-electron chi connectivity index (χ0n) is 10.1. The predicted octanol–water partition coefficient (Wildman–Crippen LogP) is 3.11. The number of halogens is 2. The van der Waals surface area contributed by atoms with Crippen molar-refractivity contribution < 1.29 is 13.6 Å². The fraction of sp³-hybridized carbons (Fsp3) is 0.308. The van der Waals surface area contributed by atoms with E-state index in [1.165, 1.54) is 18.2 Å². The van der Waals surface area contributed by atoms with E-state index in [9.17, 15) is 13.6 Å². The maximum Gasteiger partial charge on any atom is 0.244 e. The van der Waals surface area contributed by atoms with Gasteiger partial charge < -0.3 is 5.32 Å². The van der Waals surface area contributed by atoms with Crippen LogP contribution in [0.5, 0.6) is 0 Å². The van der Waals surface area contributed by atoms with Gasteiger partial charge >= 0.3 is 0 Å². The van der Waals surface area contributed by atoms with Gasteiger partial charge in [0.2, 0.25) is 5.91 Å². The summed E-state index contributed by atoms with van der Waals surface area (Å²) in [6, 6.07) is 2.80. The molecule has 2 nitrogen and oxygen atoms in total. The molecule has 1 amide bonds. The van der Waals surface area contributed by atoms with E-state index in [-0.39, 0.29) is 11.5 Å². The Hall–Kier alpha value is -1.71. The average molecular weight is 239 g/mol. The fourth-order valence-electron chi connectivity index (χ4n) is 1.45. The average Bonchev–Trinajstić information content (AvgIpc) is 2.15. The fourth-order valence-corrected chi connectivity index (χ4v) is 1.45. The van der Waals surface area contributed by atoms with Crippen LogP contribution in [0.1, 0.15) is 32.4 Å². The third kappa shape index (κ3) is 3.98. The maximum atomic E-state index is 13.4. The highest BCUT2D eigenvalue weighted by molar-refractivity contribution is 5.88. The first-order chi connectivity index (χ1) is 7.90. The summed E-state index contributed by atoms with van der Waals surface area (Å²) in [5.74, 6) is -1.58. The van der Waals surface area contributed by atoms with Crippen molar-refractivity contribution in [2.24, 2.45) is 0 Å². The number of amides is 1. The third-order valence-electron chi connectivity index (χ3n) is 2.21. The van der Waals surface area contributed by atoms with Crippen molar-refractivity contribution in [2.45, 2.75) is 26.8 Å². The van der Waals surface area contributed by atoms with E-state index in [1.807, 2.05) is 0 Å². The second-order valence-electron chi connectivity index (χ2n) is 4.12. The standard InChI is InChI=1S/C13H15F2NO/c1-8(2)6-13(17)16-9(3)11-5-4-10(14)7-12(11)15/h4-7,9H,1-3H3,(H,16,17)/t9-/m0/s1. The predicted molar refractivity (Wildman–Crippen MR) is 62.3 cm³/mol. The summed E-state index contributed by atoms with van der Waals surface area (Å²) in [5, 5.41) is 2.61. The van der Waals surface area contributed by atoms with Crippen molar-refractivity contribution in [3.8, 4) is 0 Å². The number of allylic oxidation sites excluding steroid dienone is 1. The van der Waals surface area contributed by atoms with E-state index in [0.717, 1.165) is 11.6 Å². The molecule has 1 N–H and O–H groups in total. The molecule has 0 saturated heterocycles. The van der Waals surface area contributed by atoms with Gasteiger partial charge in [-0.05, 0) is 26.8 Å². The third-order valence-corrected chi connectivity index (χ3v) is 2.21. The van der Waals surface area contributed by atoms with E-state index in [0.29, 0.717) is 0 Å². The minimum absolute atomic E-state index is 0.266. The molecule has 1 aromatic carbocycles. The van der Waals surface area contributed by atoms with Crippen molar-refractivity contribution in [3.05, 3.63) is 47.0 Å². The maximum absolute atomic E-state index is 13.4. The largest absolute Gasteiger partial charge is 0.346 e. The second kappa shape index (κ2) is 5.57. The molecule has 0 saturated carbocycles. The van der Waals surface area contributed by atoms with Crippen LogP contribution < -0.4 is 5.32 Å². The lowest BCUT2D eigenvalue weighted by Gasteiger charge is -2.14. The van der Waals surface area contributed by atoms with Crippen LogP contribution in [-0.4, -0.2) is 5.91 Å². The summed E-state index contributed by atoms with van der Waals surface area (Å²) >= 11 is 0. The molecule has 4 heteroatoms. The number of carbonyl (C=O) groups is 1. The van der Waals surface area contributed by atoms with E-state index in [4.69, 9.17) is 0 Å². The smallest absolute Gasteiger partial charge is 0.244 e. The molecule has 0 fully saturated rings. The Labute approximate surface area is 99.3 Å². The normalized spacial score (nSPS) is 11.8. The Kier molecular flexibility index (Phi) is 4.37. The first-order valence-electron chi connectivity index (χ1n) is 5.30. The molecule has 0 unspecified atom stereocenters. The highest BCUT2D eigenvalue weighted by Crippen LogP contribution is 2.17. The quantitative estimate of drug-likeness (QED) is 0.807. The second-order valence-corrected chi connectivity index (χ2v) is 4.12. The van der Waals surface area contributed by atoms with Crippen molar-refractivity contribution in [1.29, 1.82) is 0 Å². The number of rotatable bonds is 3. The number of hydrogen-bond acceptors (Lipinski definition) is 1. The van der Waals surface area contributed by atoms with Crippen molar-refractivity contribution >= 4 is 5.91 Å². The summed E-state index contributed by atoms with van der Waals surface area (Å²) in [6.07, 6.45) is 1.43. The SMILES string of the molecule is CC(C)=CC(=O)N[C@@H](C)c1ccc(F)cc1F. The molecule has 0 aliphatic carbocycles. The molecule has 0 bridgehead atoms. The van der Waals surface area contributed by atoms with Crippen LogP contribution >= 0.6 is 0 Å². The van der Waals surface area contributed by atoms with E-state index in [2.05, 4.69) is 5.32 Å². The molecule has 1 rings (SSSR count). The molecule has 0 aromatic heterocycles. The lowest BCUT2D eigenvalue weighted by molar-refractivity contribution is -0.117. The molecule has 0 aliphatic heterocycles. The Morgan fingerprint density at radius 2 is 2.00 bits per heavy atom. The Morgan fingerprint density at radius 1 is 1.35 bits per heavy atom. The van der Waals surface area contributed by atoms with Crippen molar-refractivity contribution in [3.63, 3.8) is 0 Å². The van der Waals surface area contributed by atoms with Gasteiger partial charge in [0.15, 0.2) is 0 Å². The lowest BCUT2D eigenvalue weighted by Crippen LogP contribution is -2.25. The zero-order valence-corrected chi connectivity index (χ0v) is 10.1. The summed E-state index contributed by atoms with van der Waals surface area (Å²) in [5.41, 5.74) is 1.12. The molecule has 0 radical (unpaired) electrons. The van der Waals surface area contributed by atoms with Crippen LogP contribution in [-0.2, 0) is 4.79 Å². The number of nitrogens with one attached hydrogen (secondary N) is 1. The number of carbonyl (C=O) groups excluding carboxylic acids is 1. The Balaban J connectivity index is 2.80. The lowest BCUT2D eigenvalue weighted by atomic mass is 10.1. The first kappa shape index (κ1) is 13.4. The molecule has 0 spiro atoms. The molecular weight excluding hydrogens is 224 g/mol. The van der Waals surface area contributed by atoms with Gasteiger partial charge in [-0.2, -0.15) is 0 Å². The number of benzene rings is 1. The van der Waals surface area contributed by atoms with Crippen LogP contribution in [0.15, 0.2) is 29.8 Å². The van der Waals surface area contributed by atoms with Gasteiger partial charge in [0.25, 0.3) is 0 Å². The van der Waals surface area contributed by atoms with Crippen LogP contribution in [0.2, 0.25) is 0 Å². The van der Waals surface area contributed by atoms with Crippen molar-refractivity contribution in [2.75, 3.05) is 0 Å². The molecule has 17 heavy (non-hydrogen) atoms. The van der Waals surface area contributed by atoms with Crippen LogP contribution in [0.25, 0.3) is 0 Å². The van der Waals surface area contributed by atoms with Crippen molar-refractivity contribution in [1.82, 2.24) is 5.32 Å². The molecule has 1 atom stereocenters. The minimum atomic E-state index is -0.657. The molecular formula is C13H15F2NO. The van der Waals surface area contributed by atoms with Crippen LogP contribution in [0.4, 0.5) is 8.78 Å². The van der Waals surface area contributed by atoms with Gasteiger partial charge in [-0.15, -0.1) is 0 Å². The topological polar surface area (TPSA) is 29.1 Å². The van der Waals surface area contributed by atoms with Gasteiger partial charge in [-0.1, -0.05) is 11.6 Å². The first-order valence-corrected chi connectivity index (χ1v) is 5.30. The molecule has 92 valence electrons. The van der Waals surface area contributed by atoms with Gasteiger partial charge in [0.05, 0.1) is 6.04 Å². The Bertz CT molecular complexity index is 451. The van der Waals surface area contributed by atoms with Crippen LogP contribution in [0.3, 0.4) is 0 Å². The zero-order chi connectivity index (χ0) is 13.0. The van der Waals surface area contributed by atoms with E-state index >= 15 is 0 Å². The van der Waals surface area contributed by atoms with Gasteiger partial charge in [-0.3, -0.25) is 4.79 Å². The van der Waals surface area contributed by atoms with E-state index < -0.39 is 17.7 Å². The van der Waals surface area contributed by atoms with E-state index in [1.54, 1.807) is 20.8 Å². The van der Waals surface area contributed by atoms with Crippen LogP contribution in [0, 0.1) is 11.6 Å². The summed E-state index contributed by atoms with van der Waals surface area (Å²) in [6.45, 7) is 5.23. The van der Waals surface area contributed by atoms with Gasteiger partial charge in [0, 0.05) is 17.7 Å². The van der Waals surface area contributed by atoms with Gasteiger partial charge in [0.1, 0.15) is 11.6 Å². The molecule has 0 aliphatic rings. The molecule has 0 heterocycles. The van der Waals surface area contributed by atoms with Gasteiger partial charge in [-0.25, -0.2) is 8.78 Å². The monoisotopic (exact) mass is 239 g/mol. The number of hydrogen-bond donors (Lipinski definition) is 1.